The Morgan fingerprint density at radius 1 is 1.32 bits per heavy atom. The molecule has 0 radical (unpaired) electrons. The molecule has 2 fully saturated rings. The van der Waals surface area contributed by atoms with E-state index in [2.05, 4.69) is 22.1 Å². The molecule has 2 amide bonds. The van der Waals surface area contributed by atoms with Gasteiger partial charge in [-0.1, -0.05) is 6.07 Å². The summed E-state index contributed by atoms with van der Waals surface area (Å²) in [5.74, 6) is 0.603. The number of rotatable bonds is 2. The minimum absolute atomic E-state index is 0.0576. The monoisotopic (exact) mass is 304 g/mol. The SMILES string of the molecule is C[C@H]1CN(C2CCOCC2)CCN1C(=O)Nc1ccccn1. The molecule has 0 saturated carbocycles. The van der Waals surface area contributed by atoms with E-state index in [4.69, 9.17) is 4.74 Å². The van der Waals surface area contributed by atoms with E-state index in [-0.39, 0.29) is 12.1 Å². The highest BCUT2D eigenvalue weighted by atomic mass is 16.5. The lowest BCUT2D eigenvalue weighted by Crippen LogP contribution is -2.58. The summed E-state index contributed by atoms with van der Waals surface area (Å²) < 4.78 is 5.43. The Balaban J connectivity index is 1.54. The molecule has 0 bridgehead atoms. The van der Waals surface area contributed by atoms with Crippen molar-refractivity contribution in [2.45, 2.75) is 31.8 Å². The smallest absolute Gasteiger partial charge is 0.323 e. The highest BCUT2D eigenvalue weighted by molar-refractivity contribution is 5.88. The number of nitrogens with zero attached hydrogens (tertiary/aromatic N) is 3. The zero-order chi connectivity index (χ0) is 15.4. The number of urea groups is 1. The minimum Gasteiger partial charge on any atom is -0.381 e. The molecule has 1 atom stereocenters. The van der Waals surface area contributed by atoms with Crippen molar-refractivity contribution in [1.82, 2.24) is 14.8 Å². The molecule has 3 heterocycles. The van der Waals surface area contributed by atoms with Crippen LogP contribution >= 0.6 is 0 Å². The molecule has 22 heavy (non-hydrogen) atoms. The molecule has 6 heteroatoms. The van der Waals surface area contributed by atoms with Crippen molar-refractivity contribution in [2.24, 2.45) is 0 Å². The maximum atomic E-state index is 12.4. The van der Waals surface area contributed by atoms with Gasteiger partial charge in [0.2, 0.25) is 0 Å². The number of ether oxygens (including phenoxy) is 1. The zero-order valence-electron chi connectivity index (χ0n) is 13.1. The summed E-state index contributed by atoms with van der Waals surface area (Å²) in [5, 5.41) is 2.87. The molecule has 0 unspecified atom stereocenters. The lowest BCUT2D eigenvalue weighted by Gasteiger charge is -2.44. The number of nitrogens with one attached hydrogen (secondary N) is 1. The normalized spacial score (nSPS) is 24.2. The number of hydrogen-bond donors (Lipinski definition) is 1. The largest absolute Gasteiger partial charge is 0.381 e. The van der Waals surface area contributed by atoms with Gasteiger partial charge < -0.3 is 9.64 Å². The first-order valence-electron chi connectivity index (χ1n) is 8.04. The van der Waals surface area contributed by atoms with Crippen molar-refractivity contribution in [2.75, 3.05) is 38.2 Å². The predicted molar refractivity (Wildman–Crippen MR) is 84.8 cm³/mol. The molecule has 2 saturated heterocycles. The summed E-state index contributed by atoms with van der Waals surface area (Å²) in [4.78, 5) is 21.0. The topological polar surface area (TPSA) is 57.7 Å². The summed E-state index contributed by atoms with van der Waals surface area (Å²) in [6, 6.07) is 6.27. The first-order valence-corrected chi connectivity index (χ1v) is 8.04. The molecule has 0 aromatic carbocycles. The summed E-state index contributed by atoms with van der Waals surface area (Å²) >= 11 is 0. The van der Waals surface area contributed by atoms with Crippen LogP contribution in [-0.4, -0.2) is 65.7 Å². The van der Waals surface area contributed by atoms with Gasteiger partial charge >= 0.3 is 6.03 Å². The van der Waals surface area contributed by atoms with E-state index in [1.54, 1.807) is 12.3 Å². The van der Waals surface area contributed by atoms with E-state index in [1.807, 2.05) is 17.0 Å². The van der Waals surface area contributed by atoms with Crippen LogP contribution in [0.5, 0.6) is 0 Å². The van der Waals surface area contributed by atoms with Crippen molar-refractivity contribution in [3.8, 4) is 0 Å². The third-order valence-corrected chi connectivity index (χ3v) is 4.53. The number of carbonyl (C=O) groups is 1. The van der Waals surface area contributed by atoms with Crippen LogP contribution in [0.1, 0.15) is 19.8 Å². The van der Waals surface area contributed by atoms with Crippen LogP contribution in [0.2, 0.25) is 0 Å². The van der Waals surface area contributed by atoms with Crippen molar-refractivity contribution in [1.29, 1.82) is 0 Å². The van der Waals surface area contributed by atoms with Gasteiger partial charge in [0.15, 0.2) is 0 Å². The van der Waals surface area contributed by atoms with Crippen molar-refractivity contribution < 1.29 is 9.53 Å². The van der Waals surface area contributed by atoms with Crippen LogP contribution in [0.15, 0.2) is 24.4 Å². The Labute approximate surface area is 131 Å². The fourth-order valence-corrected chi connectivity index (χ4v) is 3.29. The molecule has 2 aliphatic rings. The standard InChI is InChI=1S/C16H24N4O2/c1-13-12-19(14-5-10-22-11-6-14)8-9-20(13)16(21)18-15-4-2-3-7-17-15/h2-4,7,13-14H,5-6,8-12H2,1H3,(H,17,18,21)/t13-/m0/s1. The number of hydrogen-bond acceptors (Lipinski definition) is 4. The predicted octanol–water partition coefficient (Wildman–Crippen LogP) is 1.80. The fourth-order valence-electron chi connectivity index (χ4n) is 3.29. The van der Waals surface area contributed by atoms with Crippen molar-refractivity contribution >= 4 is 11.8 Å². The van der Waals surface area contributed by atoms with Gasteiger partial charge in [-0.2, -0.15) is 0 Å². The highest BCUT2D eigenvalue weighted by Crippen LogP contribution is 2.19. The molecule has 0 aliphatic carbocycles. The molecule has 0 spiro atoms. The van der Waals surface area contributed by atoms with E-state index < -0.39 is 0 Å². The number of piperazine rings is 1. The van der Waals surface area contributed by atoms with Crippen LogP contribution in [0.3, 0.4) is 0 Å². The minimum atomic E-state index is -0.0576. The van der Waals surface area contributed by atoms with E-state index in [0.717, 1.165) is 45.7 Å². The lowest BCUT2D eigenvalue weighted by atomic mass is 10.0. The van der Waals surface area contributed by atoms with Gasteiger partial charge in [0.05, 0.1) is 0 Å². The van der Waals surface area contributed by atoms with Gasteiger partial charge in [0.25, 0.3) is 0 Å². The van der Waals surface area contributed by atoms with Gasteiger partial charge in [-0.15, -0.1) is 0 Å². The number of anilines is 1. The van der Waals surface area contributed by atoms with Gasteiger partial charge in [-0.05, 0) is 31.9 Å². The van der Waals surface area contributed by atoms with Crippen molar-refractivity contribution in [3.05, 3.63) is 24.4 Å². The summed E-state index contributed by atoms with van der Waals surface area (Å²) in [7, 11) is 0. The van der Waals surface area contributed by atoms with Gasteiger partial charge in [-0.3, -0.25) is 10.2 Å². The van der Waals surface area contributed by atoms with Crippen LogP contribution in [0.4, 0.5) is 10.6 Å². The van der Waals surface area contributed by atoms with Crippen LogP contribution in [-0.2, 0) is 4.74 Å². The third-order valence-electron chi connectivity index (χ3n) is 4.53. The zero-order valence-corrected chi connectivity index (χ0v) is 13.1. The fraction of sp³-hybridized carbons (Fsp3) is 0.625. The van der Waals surface area contributed by atoms with Crippen LogP contribution < -0.4 is 5.32 Å². The second-order valence-electron chi connectivity index (χ2n) is 6.03. The Kier molecular flexibility index (Phi) is 4.90. The summed E-state index contributed by atoms with van der Waals surface area (Å²) in [6.07, 6.45) is 3.89. The lowest BCUT2D eigenvalue weighted by molar-refractivity contribution is 0.00816. The first kappa shape index (κ1) is 15.2. The van der Waals surface area contributed by atoms with E-state index in [1.165, 1.54) is 0 Å². The molecule has 6 nitrogen and oxygen atoms in total. The molecule has 3 rings (SSSR count). The molecule has 1 N–H and O–H groups in total. The molecule has 1 aromatic rings. The Morgan fingerprint density at radius 2 is 2.14 bits per heavy atom. The molecular weight excluding hydrogens is 280 g/mol. The summed E-state index contributed by atoms with van der Waals surface area (Å²) in [6.45, 7) is 6.46. The second-order valence-corrected chi connectivity index (χ2v) is 6.03. The molecular formula is C16H24N4O2. The third kappa shape index (κ3) is 3.56. The van der Waals surface area contributed by atoms with Crippen molar-refractivity contribution in [3.63, 3.8) is 0 Å². The van der Waals surface area contributed by atoms with Gasteiger partial charge in [0.1, 0.15) is 5.82 Å². The maximum Gasteiger partial charge on any atom is 0.323 e. The van der Waals surface area contributed by atoms with E-state index >= 15 is 0 Å². The Bertz CT molecular complexity index is 490. The van der Waals surface area contributed by atoms with Gasteiger partial charge in [-0.25, -0.2) is 9.78 Å². The maximum absolute atomic E-state index is 12.4. The first-order chi connectivity index (χ1) is 10.7. The quantitative estimate of drug-likeness (QED) is 0.905. The van der Waals surface area contributed by atoms with E-state index in [0.29, 0.717) is 11.9 Å². The molecule has 2 aliphatic heterocycles. The highest BCUT2D eigenvalue weighted by Gasteiger charge is 2.31. The van der Waals surface area contributed by atoms with Crippen LogP contribution in [0.25, 0.3) is 0 Å². The number of aromatic nitrogens is 1. The Morgan fingerprint density at radius 3 is 2.82 bits per heavy atom. The second kappa shape index (κ2) is 7.07. The molecule has 120 valence electrons. The average Bonchev–Trinajstić information content (AvgIpc) is 2.56. The number of carbonyl (C=O) groups excluding carboxylic acids is 1. The van der Waals surface area contributed by atoms with Crippen LogP contribution in [0, 0.1) is 0 Å². The number of amides is 2. The number of pyridine rings is 1. The molecule has 1 aromatic heterocycles. The average molecular weight is 304 g/mol. The van der Waals surface area contributed by atoms with Gasteiger partial charge in [0, 0.05) is 51.1 Å². The Hall–Kier alpha value is -1.66. The van der Waals surface area contributed by atoms with E-state index in [9.17, 15) is 4.79 Å². The summed E-state index contributed by atoms with van der Waals surface area (Å²) in [5.41, 5.74) is 0.